The molecule has 52 heavy (non-hydrogen) atoms. The van der Waals surface area contributed by atoms with Crippen LogP contribution in [0.2, 0.25) is 0 Å². The van der Waals surface area contributed by atoms with Crippen molar-refractivity contribution in [2.24, 2.45) is 0 Å². The molecule has 0 aliphatic carbocycles. The third-order valence-electron chi connectivity index (χ3n) is 8.60. The first-order valence-electron chi connectivity index (χ1n) is 17.6. The maximum absolute atomic E-state index is 13.2. The number of amides is 2. The monoisotopic (exact) mass is 834 g/mol. The number of likely N-dealkylation sites (tertiary alicyclic amines) is 1. The van der Waals surface area contributed by atoms with Crippen molar-refractivity contribution in [3.63, 3.8) is 0 Å². The van der Waals surface area contributed by atoms with Crippen LogP contribution >= 0.6 is 31.9 Å². The van der Waals surface area contributed by atoms with Gasteiger partial charge in [0.15, 0.2) is 0 Å². The normalized spacial score (nSPS) is 13.7. The van der Waals surface area contributed by atoms with Crippen LogP contribution in [-0.4, -0.2) is 63.3 Å². The summed E-state index contributed by atoms with van der Waals surface area (Å²) in [6.45, 7) is 5.24. The lowest BCUT2D eigenvalue weighted by Gasteiger charge is -2.33. The number of ether oxygens (including phenoxy) is 2. The number of nitrogens with one attached hydrogen (secondary N) is 2. The van der Waals surface area contributed by atoms with Crippen LogP contribution < -0.4 is 15.5 Å². The van der Waals surface area contributed by atoms with E-state index in [4.69, 9.17) is 4.74 Å². The molecular formula is C41H48Br2N4O5. The zero-order valence-electron chi connectivity index (χ0n) is 29.9. The Hall–Kier alpha value is -4.19. The number of urea groups is 1. The molecule has 0 saturated carbocycles. The second kappa shape index (κ2) is 22.0. The Morgan fingerprint density at radius 2 is 1.23 bits per heavy atom. The number of esters is 2. The Bertz CT molecular complexity index is 1700. The van der Waals surface area contributed by atoms with Crippen molar-refractivity contribution in [1.82, 2.24) is 10.2 Å². The Balaban J connectivity index is 0.000000209. The molecule has 4 aromatic carbocycles. The summed E-state index contributed by atoms with van der Waals surface area (Å²) in [5, 5.41) is 6.60. The number of anilines is 2. The number of piperidine rings is 2. The topological polar surface area (TPSA) is 100 Å². The van der Waals surface area contributed by atoms with Crippen molar-refractivity contribution in [3.8, 4) is 0 Å². The Kier molecular flexibility index (Phi) is 17.2. The second-order valence-corrected chi connectivity index (χ2v) is 14.3. The van der Waals surface area contributed by atoms with E-state index in [0.717, 1.165) is 57.4 Å². The van der Waals surface area contributed by atoms with Crippen molar-refractivity contribution in [1.29, 1.82) is 0 Å². The van der Waals surface area contributed by atoms with Crippen LogP contribution in [0.5, 0.6) is 0 Å². The van der Waals surface area contributed by atoms with Crippen LogP contribution in [0.3, 0.4) is 0 Å². The molecule has 2 fully saturated rings. The number of nitrogens with zero attached hydrogens (tertiary/aromatic N) is 2. The maximum atomic E-state index is 13.2. The van der Waals surface area contributed by atoms with Crippen molar-refractivity contribution < 1.29 is 23.9 Å². The van der Waals surface area contributed by atoms with Crippen molar-refractivity contribution >= 4 is 61.2 Å². The molecule has 0 bridgehead atoms. The highest BCUT2D eigenvalue weighted by Gasteiger charge is 2.24. The first-order valence-corrected chi connectivity index (χ1v) is 19.2. The van der Waals surface area contributed by atoms with Crippen molar-refractivity contribution in [3.05, 3.63) is 128 Å². The van der Waals surface area contributed by atoms with E-state index < -0.39 is 0 Å². The summed E-state index contributed by atoms with van der Waals surface area (Å²) in [7, 11) is 2.74. The van der Waals surface area contributed by atoms with E-state index in [0.29, 0.717) is 24.2 Å². The van der Waals surface area contributed by atoms with Gasteiger partial charge in [0.2, 0.25) is 0 Å². The predicted octanol–water partition coefficient (Wildman–Crippen LogP) is 9.46. The van der Waals surface area contributed by atoms with Crippen LogP contribution in [0.4, 0.5) is 16.2 Å². The number of benzene rings is 4. The SMILES string of the molecule is C1CCNCC1.COC(=O)c1ccc(CN(C(=O)N2CCCCC2)c2cccc(Br)c2)cc1.COC(=O)c1ccc(CNc2cccc(Br)c2)cc1. The van der Waals surface area contributed by atoms with E-state index in [1.54, 1.807) is 29.2 Å². The summed E-state index contributed by atoms with van der Waals surface area (Å²) < 4.78 is 11.4. The minimum atomic E-state index is -0.366. The highest BCUT2D eigenvalue weighted by Crippen LogP contribution is 2.25. The highest BCUT2D eigenvalue weighted by atomic mass is 79.9. The van der Waals surface area contributed by atoms with Gasteiger partial charge in [-0.2, -0.15) is 0 Å². The minimum absolute atomic E-state index is 0.0184. The molecule has 9 nitrogen and oxygen atoms in total. The van der Waals surface area contributed by atoms with Crippen LogP contribution in [-0.2, 0) is 22.6 Å². The Morgan fingerprint density at radius 3 is 1.73 bits per heavy atom. The molecule has 0 unspecified atom stereocenters. The molecule has 4 aromatic rings. The molecular weight excluding hydrogens is 788 g/mol. The summed E-state index contributed by atoms with van der Waals surface area (Å²) in [5.74, 6) is -0.679. The minimum Gasteiger partial charge on any atom is -0.465 e. The van der Waals surface area contributed by atoms with E-state index >= 15 is 0 Å². The van der Waals surface area contributed by atoms with Gasteiger partial charge in [-0.3, -0.25) is 4.90 Å². The van der Waals surface area contributed by atoms with E-state index in [1.165, 1.54) is 53.0 Å². The number of carbonyl (C=O) groups is 3. The number of halogens is 2. The smallest absolute Gasteiger partial charge is 0.337 e. The first kappa shape index (κ1) is 40.6. The van der Waals surface area contributed by atoms with Gasteiger partial charge in [0.05, 0.1) is 31.9 Å². The number of hydrogen-bond donors (Lipinski definition) is 2. The zero-order chi connectivity index (χ0) is 37.1. The zero-order valence-corrected chi connectivity index (χ0v) is 33.1. The van der Waals surface area contributed by atoms with Gasteiger partial charge in [-0.15, -0.1) is 0 Å². The third kappa shape index (κ3) is 13.4. The van der Waals surface area contributed by atoms with Crippen molar-refractivity contribution in [2.75, 3.05) is 50.6 Å². The predicted molar refractivity (Wildman–Crippen MR) is 215 cm³/mol. The van der Waals surface area contributed by atoms with E-state index in [2.05, 4.69) is 47.2 Å². The largest absolute Gasteiger partial charge is 0.465 e. The van der Waals surface area contributed by atoms with E-state index in [1.807, 2.05) is 77.7 Å². The third-order valence-corrected chi connectivity index (χ3v) is 9.58. The van der Waals surface area contributed by atoms with Crippen LogP contribution in [0.15, 0.2) is 106 Å². The molecule has 0 radical (unpaired) electrons. The average molecular weight is 837 g/mol. The lowest BCUT2D eigenvalue weighted by atomic mass is 10.1. The molecule has 0 atom stereocenters. The van der Waals surface area contributed by atoms with Gasteiger partial charge in [0, 0.05) is 40.0 Å². The van der Waals surface area contributed by atoms with Gasteiger partial charge in [-0.25, -0.2) is 14.4 Å². The highest BCUT2D eigenvalue weighted by molar-refractivity contribution is 9.10. The van der Waals surface area contributed by atoms with Gasteiger partial charge in [-0.1, -0.05) is 74.7 Å². The molecule has 2 N–H and O–H groups in total. The fourth-order valence-electron chi connectivity index (χ4n) is 5.70. The van der Waals surface area contributed by atoms with Gasteiger partial charge < -0.3 is 25.0 Å². The average Bonchev–Trinajstić information content (AvgIpc) is 3.20. The molecule has 2 saturated heterocycles. The van der Waals surface area contributed by atoms with Crippen LogP contribution in [0.25, 0.3) is 0 Å². The molecule has 6 rings (SSSR count). The first-order chi connectivity index (χ1) is 25.3. The number of rotatable bonds is 8. The van der Waals surface area contributed by atoms with Crippen LogP contribution in [0.1, 0.15) is 70.4 Å². The molecule has 11 heteroatoms. The maximum Gasteiger partial charge on any atom is 0.337 e. The Morgan fingerprint density at radius 1 is 0.692 bits per heavy atom. The lowest BCUT2D eigenvalue weighted by Crippen LogP contribution is -2.45. The lowest BCUT2D eigenvalue weighted by molar-refractivity contribution is 0.0592. The van der Waals surface area contributed by atoms with Gasteiger partial charge in [-0.05, 0) is 117 Å². The van der Waals surface area contributed by atoms with Crippen LogP contribution in [0, 0.1) is 0 Å². The number of hydrogen-bond acceptors (Lipinski definition) is 7. The molecule has 2 aliphatic heterocycles. The van der Waals surface area contributed by atoms with E-state index in [9.17, 15) is 14.4 Å². The Labute approximate surface area is 324 Å². The number of methoxy groups -OCH3 is 2. The van der Waals surface area contributed by atoms with Gasteiger partial charge in [0.25, 0.3) is 0 Å². The fourth-order valence-corrected chi connectivity index (χ4v) is 6.48. The summed E-state index contributed by atoms with van der Waals surface area (Å²) in [4.78, 5) is 39.8. The quantitative estimate of drug-likeness (QED) is 0.171. The van der Waals surface area contributed by atoms with Gasteiger partial charge in [0.1, 0.15) is 0 Å². The summed E-state index contributed by atoms with van der Waals surface area (Å²) in [6, 6.07) is 30.3. The standard InChI is InChI=1S/C21H23BrN2O3.C15H14BrNO2.C5H11N/c1-27-20(25)17-10-8-16(9-11-17)15-24(19-7-5-6-18(22)14-19)21(26)23-12-3-2-4-13-23;1-19-15(18)12-7-5-11(6-8-12)10-17-14-4-2-3-13(16)9-14;1-2-4-6-5-3-1/h5-11,14H,2-4,12-13,15H2,1H3;2-9,17H,10H2,1H3;6H,1-5H2. The molecule has 2 amide bonds. The van der Waals surface area contributed by atoms with E-state index in [-0.39, 0.29) is 18.0 Å². The van der Waals surface area contributed by atoms with Crippen molar-refractivity contribution in [2.45, 2.75) is 51.6 Å². The molecule has 0 aromatic heterocycles. The summed E-state index contributed by atoms with van der Waals surface area (Å²) >= 11 is 6.92. The molecule has 2 aliphatic rings. The molecule has 2 heterocycles. The molecule has 0 spiro atoms. The summed E-state index contributed by atoms with van der Waals surface area (Å²) in [5.41, 5.74) is 5.01. The van der Waals surface area contributed by atoms with Gasteiger partial charge >= 0.3 is 18.0 Å². The summed E-state index contributed by atoms with van der Waals surface area (Å²) in [6.07, 6.45) is 7.49. The molecule has 276 valence electrons. The fraction of sp³-hybridized carbons (Fsp3) is 0.341. The number of carbonyl (C=O) groups excluding carboxylic acids is 3. The second-order valence-electron chi connectivity index (χ2n) is 12.4.